The lowest BCUT2D eigenvalue weighted by molar-refractivity contribution is 0.0706. The summed E-state index contributed by atoms with van der Waals surface area (Å²) in [6.45, 7) is 0. The van der Waals surface area contributed by atoms with Crippen molar-refractivity contribution >= 4 is 0 Å². The standard InChI is InChI=1S/C12H13N3O3/c1-13-11(16)14-9-7-5-3-4-6-8(9)10(18-2)15(14)12(13)17/h3-7,9-10H,1-2H3. The summed E-state index contributed by atoms with van der Waals surface area (Å²) in [4.78, 5) is 24.1. The minimum atomic E-state index is -0.524. The number of fused-ring (bicyclic) bond motifs is 3. The average molecular weight is 247 g/mol. The first-order chi connectivity index (χ1) is 8.66. The molecule has 1 aliphatic heterocycles. The van der Waals surface area contributed by atoms with Crippen molar-refractivity contribution in [1.29, 1.82) is 0 Å². The quantitative estimate of drug-likeness (QED) is 0.707. The third kappa shape index (κ3) is 1.20. The van der Waals surface area contributed by atoms with Crippen LogP contribution in [0.25, 0.3) is 0 Å². The van der Waals surface area contributed by atoms with E-state index in [-0.39, 0.29) is 17.4 Å². The molecule has 1 aromatic heterocycles. The number of rotatable bonds is 1. The summed E-state index contributed by atoms with van der Waals surface area (Å²) < 4.78 is 9.26. The normalized spacial score (nSPS) is 24.7. The van der Waals surface area contributed by atoms with Gasteiger partial charge in [-0.2, -0.15) is 4.68 Å². The Morgan fingerprint density at radius 1 is 1.11 bits per heavy atom. The first kappa shape index (κ1) is 11.0. The summed E-state index contributed by atoms with van der Waals surface area (Å²) in [6, 6.07) is -0.258. The van der Waals surface area contributed by atoms with Gasteiger partial charge in [-0.1, -0.05) is 30.4 Å². The molecule has 6 heteroatoms. The van der Waals surface area contributed by atoms with E-state index in [1.54, 1.807) is 0 Å². The Hall–Kier alpha value is -2.08. The van der Waals surface area contributed by atoms with E-state index < -0.39 is 6.23 Å². The van der Waals surface area contributed by atoms with Crippen LogP contribution in [0, 0.1) is 0 Å². The van der Waals surface area contributed by atoms with Gasteiger partial charge >= 0.3 is 11.4 Å². The molecule has 2 atom stereocenters. The molecule has 2 heterocycles. The molecule has 18 heavy (non-hydrogen) atoms. The van der Waals surface area contributed by atoms with Crippen molar-refractivity contribution in [3.05, 3.63) is 56.9 Å². The topological polar surface area (TPSA) is 58.2 Å². The minimum Gasteiger partial charge on any atom is -0.355 e. The second-order valence-electron chi connectivity index (χ2n) is 4.28. The Bertz CT molecular complexity index is 699. The van der Waals surface area contributed by atoms with E-state index in [1.807, 2.05) is 30.4 Å². The fourth-order valence-corrected chi connectivity index (χ4v) is 2.48. The lowest BCUT2D eigenvalue weighted by atomic mass is 10.1. The molecule has 2 unspecified atom stereocenters. The van der Waals surface area contributed by atoms with Gasteiger partial charge in [0.05, 0.1) is 6.04 Å². The Labute approximate surface area is 103 Å². The maximum absolute atomic E-state index is 12.1. The van der Waals surface area contributed by atoms with Gasteiger partial charge in [-0.3, -0.25) is 0 Å². The van der Waals surface area contributed by atoms with Crippen molar-refractivity contribution < 1.29 is 4.74 Å². The zero-order valence-electron chi connectivity index (χ0n) is 10.1. The molecule has 0 radical (unpaired) electrons. The molecule has 94 valence electrons. The van der Waals surface area contributed by atoms with Gasteiger partial charge in [0.2, 0.25) is 0 Å². The number of nitrogens with zero attached hydrogens (tertiary/aromatic N) is 3. The van der Waals surface area contributed by atoms with Crippen molar-refractivity contribution in [2.75, 3.05) is 7.11 Å². The first-order valence-electron chi connectivity index (χ1n) is 5.64. The van der Waals surface area contributed by atoms with E-state index in [0.29, 0.717) is 0 Å². The summed E-state index contributed by atoms with van der Waals surface area (Å²) in [7, 11) is 3.00. The van der Waals surface area contributed by atoms with Gasteiger partial charge in [-0.15, -0.1) is 0 Å². The van der Waals surface area contributed by atoms with Crippen LogP contribution in [0.1, 0.15) is 12.3 Å². The smallest absolute Gasteiger partial charge is 0.349 e. The number of ether oxygens (including phenoxy) is 1. The van der Waals surface area contributed by atoms with Crippen LogP contribution >= 0.6 is 0 Å². The van der Waals surface area contributed by atoms with Gasteiger partial charge in [0.1, 0.15) is 0 Å². The van der Waals surface area contributed by atoms with E-state index in [2.05, 4.69) is 0 Å². The zero-order valence-corrected chi connectivity index (χ0v) is 10.1. The van der Waals surface area contributed by atoms with Crippen LogP contribution in [-0.4, -0.2) is 21.0 Å². The van der Waals surface area contributed by atoms with Crippen LogP contribution in [0.4, 0.5) is 0 Å². The SMILES string of the molecule is COC1C2=CC=CC=CC2n2c(=O)n(C)c(=O)n21. The first-order valence-corrected chi connectivity index (χ1v) is 5.64. The molecular formula is C12H13N3O3. The maximum Gasteiger partial charge on any atom is 0.349 e. The number of methoxy groups -OCH3 is 1. The summed E-state index contributed by atoms with van der Waals surface area (Å²) in [5, 5.41) is 0. The molecule has 0 spiro atoms. The van der Waals surface area contributed by atoms with Crippen molar-refractivity contribution in [2.24, 2.45) is 7.05 Å². The fraction of sp³-hybridized carbons (Fsp3) is 0.333. The predicted octanol–water partition coefficient (Wildman–Crippen LogP) is 0.101. The van der Waals surface area contributed by atoms with E-state index in [0.717, 1.165) is 10.1 Å². The Balaban J connectivity index is 2.35. The molecule has 1 aliphatic carbocycles. The molecule has 0 bridgehead atoms. The van der Waals surface area contributed by atoms with Crippen LogP contribution in [0.5, 0.6) is 0 Å². The molecule has 0 saturated carbocycles. The summed E-state index contributed by atoms with van der Waals surface area (Å²) in [5.74, 6) is 0. The van der Waals surface area contributed by atoms with Crippen molar-refractivity contribution in [2.45, 2.75) is 12.3 Å². The molecular weight excluding hydrogens is 234 g/mol. The van der Waals surface area contributed by atoms with Gasteiger partial charge < -0.3 is 4.74 Å². The summed E-state index contributed by atoms with van der Waals surface area (Å²) in [6.07, 6.45) is 8.86. The molecule has 2 aliphatic rings. The highest BCUT2D eigenvalue weighted by atomic mass is 16.5. The molecule has 1 aromatic rings. The second kappa shape index (κ2) is 3.71. The van der Waals surface area contributed by atoms with Gasteiger partial charge in [-0.05, 0) is 0 Å². The highest BCUT2D eigenvalue weighted by Gasteiger charge is 2.38. The van der Waals surface area contributed by atoms with Gasteiger partial charge in [0, 0.05) is 19.7 Å². The maximum atomic E-state index is 12.1. The van der Waals surface area contributed by atoms with Crippen LogP contribution in [0.3, 0.4) is 0 Å². The largest absolute Gasteiger partial charge is 0.355 e. The monoisotopic (exact) mass is 247 g/mol. The van der Waals surface area contributed by atoms with Gasteiger partial charge in [0.25, 0.3) is 0 Å². The summed E-state index contributed by atoms with van der Waals surface area (Å²) >= 11 is 0. The third-order valence-electron chi connectivity index (χ3n) is 3.34. The van der Waals surface area contributed by atoms with E-state index >= 15 is 0 Å². The van der Waals surface area contributed by atoms with Gasteiger partial charge in [0.15, 0.2) is 6.23 Å². The Morgan fingerprint density at radius 2 is 1.83 bits per heavy atom. The zero-order chi connectivity index (χ0) is 12.9. The number of hydrogen-bond donors (Lipinski definition) is 0. The lowest BCUT2D eigenvalue weighted by Gasteiger charge is -2.11. The molecule has 3 rings (SSSR count). The molecule has 6 nitrogen and oxygen atoms in total. The lowest BCUT2D eigenvalue weighted by Crippen LogP contribution is -2.29. The van der Waals surface area contributed by atoms with Gasteiger partial charge in [-0.25, -0.2) is 18.8 Å². The highest BCUT2D eigenvalue weighted by Crippen LogP contribution is 2.35. The highest BCUT2D eigenvalue weighted by molar-refractivity contribution is 5.32. The van der Waals surface area contributed by atoms with Crippen LogP contribution in [0.15, 0.2) is 45.5 Å². The molecule has 0 N–H and O–H groups in total. The van der Waals surface area contributed by atoms with Crippen molar-refractivity contribution in [3.63, 3.8) is 0 Å². The third-order valence-corrected chi connectivity index (χ3v) is 3.34. The number of allylic oxidation sites excluding steroid dienone is 5. The molecule has 0 aromatic carbocycles. The predicted molar refractivity (Wildman–Crippen MR) is 65.4 cm³/mol. The fourth-order valence-electron chi connectivity index (χ4n) is 2.48. The minimum absolute atomic E-state index is 0.258. The van der Waals surface area contributed by atoms with Crippen LogP contribution in [0.2, 0.25) is 0 Å². The van der Waals surface area contributed by atoms with E-state index in [9.17, 15) is 9.59 Å². The molecule has 0 saturated heterocycles. The number of aromatic nitrogens is 3. The van der Waals surface area contributed by atoms with Crippen LogP contribution in [-0.2, 0) is 11.8 Å². The Kier molecular flexibility index (Phi) is 2.27. The average Bonchev–Trinajstić information content (AvgIpc) is 2.66. The number of hydrogen-bond acceptors (Lipinski definition) is 3. The molecule has 0 fully saturated rings. The summed E-state index contributed by atoms with van der Waals surface area (Å²) in [5.41, 5.74) is 0.192. The van der Waals surface area contributed by atoms with Crippen molar-refractivity contribution in [3.8, 4) is 0 Å². The van der Waals surface area contributed by atoms with Crippen molar-refractivity contribution in [1.82, 2.24) is 13.9 Å². The second-order valence-corrected chi connectivity index (χ2v) is 4.28. The molecule has 0 amide bonds. The Morgan fingerprint density at radius 3 is 2.56 bits per heavy atom. The van der Waals surface area contributed by atoms with E-state index in [1.165, 1.54) is 23.5 Å². The van der Waals surface area contributed by atoms with Crippen LogP contribution < -0.4 is 11.4 Å². The van der Waals surface area contributed by atoms with E-state index in [4.69, 9.17) is 4.74 Å².